The number of non-ortho nitro benzene ring substituents is 1. The molecule has 4 aromatic rings. The summed E-state index contributed by atoms with van der Waals surface area (Å²) in [5.74, 6) is 1.41. The van der Waals surface area contributed by atoms with E-state index in [0.29, 0.717) is 41.4 Å². The maximum Gasteiger partial charge on any atom is 0.339 e. The lowest BCUT2D eigenvalue weighted by molar-refractivity contribution is -0.384. The van der Waals surface area contributed by atoms with Crippen molar-refractivity contribution in [2.45, 2.75) is 59.2 Å². The van der Waals surface area contributed by atoms with Crippen LogP contribution in [0, 0.1) is 27.9 Å². The minimum atomic E-state index is -1.20. The van der Waals surface area contributed by atoms with Crippen molar-refractivity contribution < 1.29 is 33.8 Å². The number of anilines is 1. The standard InChI is InChI=1S/C39H43N3O8/c1-25(2)33-16-9-26(3)19-36(33)48-24-38(43)41-22-27-10-12-29(13-11-27)40-23-28-20-30(42(46)47)14-18-35(28)50-37-21-32(15-17-34(37)39(44)45)49-31-7-5-4-6-8-31/h4-8,10-15,17-18,20-21,25-26,33,36,40H,9,16,19,22-24H2,1-3H3,(H,41,43)(H,44,45). The predicted molar refractivity (Wildman–Crippen MR) is 190 cm³/mol. The molecule has 1 saturated carbocycles. The smallest absolute Gasteiger partial charge is 0.339 e. The van der Waals surface area contributed by atoms with Gasteiger partial charge in [-0.25, -0.2) is 4.79 Å². The van der Waals surface area contributed by atoms with Crippen molar-refractivity contribution in [1.82, 2.24) is 5.32 Å². The minimum Gasteiger partial charge on any atom is -0.478 e. The Hall–Kier alpha value is -5.42. The highest BCUT2D eigenvalue weighted by atomic mass is 16.6. The summed E-state index contributed by atoms with van der Waals surface area (Å²) in [5, 5.41) is 27.6. The van der Waals surface area contributed by atoms with Crippen LogP contribution in [0.2, 0.25) is 0 Å². The molecule has 0 radical (unpaired) electrons. The fourth-order valence-corrected chi connectivity index (χ4v) is 6.17. The SMILES string of the molecule is CC1CCC(C(C)C)C(OCC(=O)NCc2ccc(NCc3cc([N+](=O)[O-])ccc3Oc3cc(Oc4ccccc4)ccc3C(=O)O)cc2)C1. The van der Waals surface area contributed by atoms with E-state index in [9.17, 15) is 24.8 Å². The van der Waals surface area contributed by atoms with Crippen LogP contribution in [0.1, 0.15) is 61.5 Å². The lowest BCUT2D eigenvalue weighted by Crippen LogP contribution is -2.37. The van der Waals surface area contributed by atoms with Crippen LogP contribution in [0.25, 0.3) is 0 Å². The van der Waals surface area contributed by atoms with Crippen LogP contribution in [0.3, 0.4) is 0 Å². The molecule has 50 heavy (non-hydrogen) atoms. The highest BCUT2D eigenvalue weighted by Crippen LogP contribution is 2.36. The Labute approximate surface area is 291 Å². The molecule has 3 atom stereocenters. The van der Waals surface area contributed by atoms with Gasteiger partial charge in [0.15, 0.2) is 0 Å². The van der Waals surface area contributed by atoms with Gasteiger partial charge in [0.25, 0.3) is 5.69 Å². The fraction of sp³-hybridized carbons (Fsp3) is 0.333. The number of nitrogens with zero attached hydrogens (tertiary/aromatic N) is 1. The summed E-state index contributed by atoms with van der Waals surface area (Å²) >= 11 is 0. The summed E-state index contributed by atoms with van der Waals surface area (Å²) in [4.78, 5) is 35.7. The van der Waals surface area contributed by atoms with E-state index in [-0.39, 0.29) is 47.9 Å². The molecule has 1 amide bonds. The molecule has 3 unspecified atom stereocenters. The van der Waals surface area contributed by atoms with Crippen LogP contribution in [0.5, 0.6) is 23.0 Å². The number of carbonyl (C=O) groups excluding carboxylic acids is 1. The second-order valence-electron chi connectivity index (χ2n) is 13.0. The summed E-state index contributed by atoms with van der Waals surface area (Å²) < 4.78 is 18.0. The third kappa shape index (κ3) is 9.82. The first-order valence-corrected chi connectivity index (χ1v) is 16.8. The number of rotatable bonds is 15. The summed E-state index contributed by atoms with van der Waals surface area (Å²) in [5.41, 5.74) is 1.83. The Kier molecular flexibility index (Phi) is 12.1. The van der Waals surface area contributed by atoms with Crippen LogP contribution in [-0.2, 0) is 22.6 Å². The van der Waals surface area contributed by atoms with Crippen molar-refractivity contribution in [2.24, 2.45) is 17.8 Å². The molecule has 0 aliphatic heterocycles. The predicted octanol–water partition coefficient (Wildman–Crippen LogP) is 8.58. The van der Waals surface area contributed by atoms with Crippen LogP contribution in [-0.4, -0.2) is 34.6 Å². The zero-order chi connectivity index (χ0) is 35.6. The second kappa shape index (κ2) is 16.8. The Balaban J connectivity index is 1.21. The topological polar surface area (TPSA) is 149 Å². The Bertz CT molecular complexity index is 1780. The monoisotopic (exact) mass is 681 g/mol. The van der Waals surface area contributed by atoms with Gasteiger partial charge in [-0.1, -0.05) is 57.5 Å². The minimum absolute atomic E-state index is 0.0193. The number of para-hydroxylation sites is 1. The summed E-state index contributed by atoms with van der Waals surface area (Å²) in [7, 11) is 0. The maximum atomic E-state index is 12.6. The van der Waals surface area contributed by atoms with Crippen molar-refractivity contribution >= 4 is 23.3 Å². The molecule has 5 rings (SSSR count). The van der Waals surface area contributed by atoms with E-state index >= 15 is 0 Å². The number of nitrogens with one attached hydrogen (secondary N) is 2. The van der Waals surface area contributed by atoms with Crippen LogP contribution >= 0.6 is 0 Å². The molecular weight excluding hydrogens is 638 g/mol. The second-order valence-corrected chi connectivity index (χ2v) is 13.0. The van der Waals surface area contributed by atoms with Gasteiger partial charge in [0, 0.05) is 42.5 Å². The number of aromatic carboxylic acids is 1. The van der Waals surface area contributed by atoms with Gasteiger partial charge in [0.1, 0.15) is 35.2 Å². The van der Waals surface area contributed by atoms with Crippen molar-refractivity contribution in [1.29, 1.82) is 0 Å². The number of nitro groups is 1. The fourth-order valence-electron chi connectivity index (χ4n) is 6.17. The molecule has 1 aliphatic rings. The van der Waals surface area contributed by atoms with Crippen molar-refractivity contribution in [2.75, 3.05) is 11.9 Å². The lowest BCUT2D eigenvalue weighted by atomic mass is 9.75. The van der Waals surface area contributed by atoms with Crippen LogP contribution in [0.4, 0.5) is 11.4 Å². The highest BCUT2D eigenvalue weighted by Gasteiger charge is 2.31. The van der Waals surface area contributed by atoms with Gasteiger partial charge in [0.2, 0.25) is 5.91 Å². The van der Waals surface area contributed by atoms with Gasteiger partial charge in [-0.2, -0.15) is 0 Å². The molecule has 3 N–H and O–H groups in total. The zero-order valence-corrected chi connectivity index (χ0v) is 28.5. The molecule has 262 valence electrons. The van der Waals surface area contributed by atoms with Crippen molar-refractivity contribution in [3.05, 3.63) is 118 Å². The molecule has 0 bridgehead atoms. The Morgan fingerprint density at radius 2 is 1.66 bits per heavy atom. The third-order valence-electron chi connectivity index (χ3n) is 8.95. The largest absolute Gasteiger partial charge is 0.478 e. The third-order valence-corrected chi connectivity index (χ3v) is 8.95. The van der Waals surface area contributed by atoms with Crippen molar-refractivity contribution in [3.63, 3.8) is 0 Å². The van der Waals surface area contributed by atoms with Gasteiger partial charge >= 0.3 is 5.97 Å². The highest BCUT2D eigenvalue weighted by molar-refractivity contribution is 5.91. The molecule has 1 fully saturated rings. The lowest BCUT2D eigenvalue weighted by Gasteiger charge is -2.37. The summed E-state index contributed by atoms with van der Waals surface area (Å²) in [6, 6.07) is 25.0. The number of nitro benzene ring substituents is 1. The van der Waals surface area contributed by atoms with Gasteiger partial charge in [-0.05, 0) is 78.6 Å². The maximum absolute atomic E-state index is 12.6. The van der Waals surface area contributed by atoms with Gasteiger partial charge < -0.3 is 30.0 Å². The van der Waals surface area contributed by atoms with E-state index in [1.165, 1.54) is 42.8 Å². The van der Waals surface area contributed by atoms with Crippen LogP contribution in [0.15, 0.2) is 91.0 Å². The first-order valence-electron chi connectivity index (χ1n) is 16.8. The average molecular weight is 682 g/mol. The molecular formula is C39H43N3O8. The molecule has 11 heteroatoms. The number of carboxylic acids is 1. The molecule has 0 spiro atoms. The molecule has 0 saturated heterocycles. The Morgan fingerprint density at radius 3 is 2.36 bits per heavy atom. The molecule has 1 aliphatic carbocycles. The number of carboxylic acid groups (broad SMARTS) is 1. The van der Waals surface area contributed by atoms with Crippen molar-refractivity contribution in [3.8, 4) is 23.0 Å². The normalized spacial score (nSPS) is 17.2. The molecule has 4 aromatic carbocycles. The van der Waals surface area contributed by atoms with E-state index in [0.717, 1.165) is 24.1 Å². The van der Waals surface area contributed by atoms with Crippen LogP contribution < -0.4 is 20.1 Å². The molecule has 11 nitrogen and oxygen atoms in total. The quantitative estimate of drug-likeness (QED) is 0.0828. The van der Waals surface area contributed by atoms with E-state index in [1.807, 2.05) is 42.5 Å². The molecule has 0 aromatic heterocycles. The van der Waals surface area contributed by atoms with E-state index < -0.39 is 10.9 Å². The summed E-state index contributed by atoms with van der Waals surface area (Å²) in [6.45, 7) is 7.19. The summed E-state index contributed by atoms with van der Waals surface area (Å²) in [6.07, 6.45) is 3.41. The molecule has 0 heterocycles. The number of ether oxygens (including phenoxy) is 3. The first-order chi connectivity index (χ1) is 24.0. The first kappa shape index (κ1) is 35.9. The number of amides is 1. The van der Waals surface area contributed by atoms with E-state index in [2.05, 4.69) is 31.4 Å². The average Bonchev–Trinajstić information content (AvgIpc) is 3.10. The number of carbonyl (C=O) groups is 2. The Morgan fingerprint density at radius 1 is 0.900 bits per heavy atom. The van der Waals surface area contributed by atoms with Gasteiger partial charge in [-0.15, -0.1) is 0 Å². The van der Waals surface area contributed by atoms with Gasteiger partial charge in [-0.3, -0.25) is 14.9 Å². The number of benzene rings is 4. The zero-order valence-electron chi connectivity index (χ0n) is 28.5. The van der Waals surface area contributed by atoms with Gasteiger partial charge in [0.05, 0.1) is 11.0 Å². The number of hydrogen-bond acceptors (Lipinski definition) is 8. The van der Waals surface area contributed by atoms with E-state index in [1.54, 1.807) is 12.1 Å². The number of hydrogen-bond donors (Lipinski definition) is 3. The van der Waals surface area contributed by atoms with E-state index in [4.69, 9.17) is 14.2 Å².